The molecule has 0 spiro atoms. The second-order valence-electron chi connectivity index (χ2n) is 11.0. The summed E-state index contributed by atoms with van der Waals surface area (Å²) in [7, 11) is 0. The fraction of sp³-hybridized carbons (Fsp3) is 0.517. The molecule has 35 heavy (non-hydrogen) atoms. The molecule has 0 unspecified atom stereocenters. The summed E-state index contributed by atoms with van der Waals surface area (Å²) in [5, 5.41) is 4.82. The molecule has 0 bridgehead atoms. The van der Waals surface area contributed by atoms with Gasteiger partial charge in [-0.05, 0) is 94.3 Å². The van der Waals surface area contributed by atoms with Crippen LogP contribution in [0.1, 0.15) is 57.7 Å². The molecule has 1 aliphatic carbocycles. The van der Waals surface area contributed by atoms with Crippen molar-refractivity contribution in [2.75, 3.05) is 31.5 Å². The van der Waals surface area contributed by atoms with Crippen molar-refractivity contribution in [2.24, 2.45) is 5.92 Å². The highest BCUT2D eigenvalue weighted by atomic mass is 16.2. The number of benzene rings is 1. The normalized spacial score (nSPS) is 18.6. The van der Waals surface area contributed by atoms with E-state index in [1.54, 1.807) is 0 Å². The molecule has 2 aromatic heterocycles. The number of likely N-dealkylation sites (tertiary alicyclic amines) is 2. The molecule has 3 aromatic rings. The number of pyridine rings is 1. The molecule has 0 atom stereocenters. The van der Waals surface area contributed by atoms with Gasteiger partial charge < -0.3 is 14.8 Å². The van der Waals surface area contributed by atoms with Crippen LogP contribution in [0.3, 0.4) is 0 Å². The maximum atomic E-state index is 13.5. The Kier molecular flexibility index (Phi) is 5.59. The first kappa shape index (κ1) is 22.6. The molecule has 1 amide bonds. The molecular formula is C29H37N5O. The first-order valence-corrected chi connectivity index (χ1v) is 13.2. The van der Waals surface area contributed by atoms with Crippen LogP contribution in [0.15, 0.2) is 24.3 Å². The molecule has 2 aliphatic heterocycles. The van der Waals surface area contributed by atoms with E-state index in [2.05, 4.69) is 60.7 Å². The smallest absolute Gasteiger partial charge is 0.272 e. The zero-order valence-corrected chi connectivity index (χ0v) is 21.5. The number of hydrogen-bond donors (Lipinski definition) is 1. The van der Waals surface area contributed by atoms with Crippen molar-refractivity contribution in [1.29, 1.82) is 0 Å². The number of rotatable bonds is 7. The Balaban J connectivity index is 1.36. The Bertz CT molecular complexity index is 1270. The van der Waals surface area contributed by atoms with Crippen LogP contribution in [0, 0.1) is 33.6 Å². The number of aryl methyl sites for hydroxylation is 3. The SMILES string of the molecule is Cc1cccc(C)c1CNc1nc(C(=O)N2CC(N3CCC3)C2)cc2c(C)c(C)n(CC3CC3)c12. The number of amides is 1. The molecule has 3 fully saturated rings. The topological polar surface area (TPSA) is 53.4 Å². The van der Waals surface area contributed by atoms with Crippen LogP contribution in [-0.2, 0) is 13.1 Å². The van der Waals surface area contributed by atoms with Crippen LogP contribution < -0.4 is 5.32 Å². The summed E-state index contributed by atoms with van der Waals surface area (Å²) in [6.07, 6.45) is 3.90. The molecule has 0 radical (unpaired) electrons. The van der Waals surface area contributed by atoms with Gasteiger partial charge in [0.1, 0.15) is 5.69 Å². The average molecular weight is 472 g/mol. The number of anilines is 1. The quantitative estimate of drug-likeness (QED) is 0.537. The highest BCUT2D eigenvalue weighted by Crippen LogP contribution is 2.37. The van der Waals surface area contributed by atoms with Crippen molar-refractivity contribution < 1.29 is 4.79 Å². The highest BCUT2D eigenvalue weighted by Gasteiger charge is 2.38. The van der Waals surface area contributed by atoms with Gasteiger partial charge in [-0.3, -0.25) is 9.69 Å². The number of aromatic nitrogens is 2. The molecule has 1 N–H and O–H groups in total. The van der Waals surface area contributed by atoms with Crippen LogP contribution in [0.5, 0.6) is 0 Å². The van der Waals surface area contributed by atoms with E-state index in [1.165, 1.54) is 60.3 Å². The molecule has 6 nitrogen and oxygen atoms in total. The van der Waals surface area contributed by atoms with E-state index < -0.39 is 0 Å². The minimum Gasteiger partial charge on any atom is -0.364 e. The summed E-state index contributed by atoms with van der Waals surface area (Å²) in [6, 6.07) is 9.01. The summed E-state index contributed by atoms with van der Waals surface area (Å²) in [5.74, 6) is 1.66. The lowest BCUT2D eigenvalue weighted by Gasteiger charge is -2.48. The number of carbonyl (C=O) groups excluding carboxylic acids is 1. The van der Waals surface area contributed by atoms with Gasteiger partial charge in [-0.1, -0.05) is 18.2 Å². The minimum absolute atomic E-state index is 0.0609. The summed E-state index contributed by atoms with van der Waals surface area (Å²) >= 11 is 0. The summed E-state index contributed by atoms with van der Waals surface area (Å²) in [4.78, 5) is 22.9. The van der Waals surface area contributed by atoms with Crippen LogP contribution in [0.25, 0.3) is 10.9 Å². The molecule has 184 valence electrons. The Morgan fingerprint density at radius 2 is 1.80 bits per heavy atom. The largest absolute Gasteiger partial charge is 0.364 e. The number of hydrogen-bond acceptors (Lipinski definition) is 4. The molecule has 3 aliphatic rings. The van der Waals surface area contributed by atoms with E-state index >= 15 is 0 Å². The van der Waals surface area contributed by atoms with Crippen molar-refractivity contribution in [1.82, 2.24) is 19.4 Å². The monoisotopic (exact) mass is 471 g/mol. The Labute approximate surface area is 208 Å². The zero-order chi connectivity index (χ0) is 24.3. The average Bonchev–Trinajstić information content (AvgIpc) is 3.56. The van der Waals surface area contributed by atoms with E-state index in [4.69, 9.17) is 4.98 Å². The van der Waals surface area contributed by atoms with Gasteiger partial charge in [0.25, 0.3) is 5.91 Å². The van der Waals surface area contributed by atoms with E-state index in [1.807, 2.05) is 11.0 Å². The molecule has 1 saturated carbocycles. The number of nitrogens with one attached hydrogen (secondary N) is 1. The standard InChI is InChI=1S/C29H37N5O/c1-18-7-5-8-19(2)25(18)14-30-28-27-24(20(3)21(4)34(27)15-22-9-10-22)13-26(31-28)29(35)33-16-23(17-33)32-11-6-12-32/h5,7-8,13,22-23H,6,9-12,14-17H2,1-4H3,(H,30,31). The van der Waals surface area contributed by atoms with Crippen molar-refractivity contribution in [2.45, 2.75) is 66.1 Å². The fourth-order valence-corrected chi connectivity index (χ4v) is 5.70. The van der Waals surface area contributed by atoms with Gasteiger partial charge in [0.15, 0.2) is 5.82 Å². The maximum Gasteiger partial charge on any atom is 0.272 e. The van der Waals surface area contributed by atoms with Crippen LogP contribution in [0.4, 0.5) is 5.82 Å². The van der Waals surface area contributed by atoms with Crippen LogP contribution >= 0.6 is 0 Å². The van der Waals surface area contributed by atoms with Crippen molar-refractivity contribution in [3.63, 3.8) is 0 Å². The maximum absolute atomic E-state index is 13.5. The molecule has 6 rings (SSSR count). The number of carbonyl (C=O) groups is 1. The Morgan fingerprint density at radius 3 is 2.43 bits per heavy atom. The summed E-state index contributed by atoms with van der Waals surface area (Å²) in [5.41, 5.74) is 8.11. The van der Waals surface area contributed by atoms with E-state index in [9.17, 15) is 4.79 Å². The predicted molar refractivity (Wildman–Crippen MR) is 141 cm³/mol. The lowest BCUT2D eigenvalue weighted by molar-refractivity contribution is 0.00383. The minimum atomic E-state index is 0.0609. The van der Waals surface area contributed by atoms with E-state index in [0.29, 0.717) is 18.3 Å². The van der Waals surface area contributed by atoms with Gasteiger partial charge in [0, 0.05) is 43.3 Å². The van der Waals surface area contributed by atoms with E-state index in [0.717, 1.165) is 42.3 Å². The lowest BCUT2D eigenvalue weighted by atomic mass is 10.0. The second kappa shape index (κ2) is 8.66. The van der Waals surface area contributed by atoms with E-state index in [-0.39, 0.29) is 5.91 Å². The molecular weight excluding hydrogens is 434 g/mol. The Hall–Kier alpha value is -2.86. The summed E-state index contributed by atoms with van der Waals surface area (Å²) in [6.45, 7) is 14.5. The van der Waals surface area contributed by atoms with Gasteiger partial charge in [-0.15, -0.1) is 0 Å². The van der Waals surface area contributed by atoms with Crippen LogP contribution in [-0.4, -0.2) is 57.5 Å². The van der Waals surface area contributed by atoms with Crippen LogP contribution in [0.2, 0.25) is 0 Å². The van der Waals surface area contributed by atoms with Gasteiger partial charge in [-0.25, -0.2) is 4.98 Å². The lowest BCUT2D eigenvalue weighted by Crippen LogP contribution is -2.64. The number of nitrogens with zero attached hydrogens (tertiary/aromatic N) is 4. The van der Waals surface area contributed by atoms with Crippen molar-refractivity contribution in [3.05, 3.63) is 57.9 Å². The van der Waals surface area contributed by atoms with Gasteiger partial charge in [0.2, 0.25) is 0 Å². The first-order valence-electron chi connectivity index (χ1n) is 13.2. The Morgan fingerprint density at radius 1 is 1.09 bits per heavy atom. The first-order chi connectivity index (χ1) is 16.9. The van der Waals surface area contributed by atoms with Crippen molar-refractivity contribution >= 4 is 22.6 Å². The third-order valence-corrected chi connectivity index (χ3v) is 8.60. The predicted octanol–water partition coefficient (Wildman–Crippen LogP) is 4.82. The highest BCUT2D eigenvalue weighted by molar-refractivity contribution is 6.01. The molecule has 4 heterocycles. The molecule has 6 heteroatoms. The molecule has 1 aromatic carbocycles. The van der Waals surface area contributed by atoms with Gasteiger partial charge >= 0.3 is 0 Å². The van der Waals surface area contributed by atoms with Gasteiger partial charge in [-0.2, -0.15) is 0 Å². The third-order valence-electron chi connectivity index (χ3n) is 8.60. The second-order valence-corrected chi connectivity index (χ2v) is 11.0. The third kappa shape index (κ3) is 4.02. The zero-order valence-electron chi connectivity index (χ0n) is 21.5. The van der Waals surface area contributed by atoms with Crippen molar-refractivity contribution in [3.8, 4) is 0 Å². The summed E-state index contributed by atoms with van der Waals surface area (Å²) < 4.78 is 2.44. The van der Waals surface area contributed by atoms with Gasteiger partial charge in [0.05, 0.1) is 5.52 Å². The fourth-order valence-electron chi connectivity index (χ4n) is 5.70. The number of fused-ring (bicyclic) bond motifs is 1. The molecule has 2 saturated heterocycles.